The predicted octanol–water partition coefficient (Wildman–Crippen LogP) is -0.110. The lowest BCUT2D eigenvalue weighted by Crippen LogP contribution is -2.40. The lowest BCUT2D eigenvalue weighted by atomic mass is 10.00. The second-order valence-electron chi connectivity index (χ2n) is 4.73. The van der Waals surface area contributed by atoms with E-state index in [1.807, 2.05) is 6.92 Å². The van der Waals surface area contributed by atoms with Crippen LogP contribution in [0.1, 0.15) is 25.8 Å². The van der Waals surface area contributed by atoms with Gasteiger partial charge in [-0.3, -0.25) is 9.71 Å². The number of nitrogens with zero attached hydrogens (tertiary/aromatic N) is 1. The fourth-order valence-electron chi connectivity index (χ4n) is 2.00. The number of carbonyl (C=O) groups is 1. The van der Waals surface area contributed by atoms with E-state index in [2.05, 4.69) is 9.71 Å². The van der Waals surface area contributed by atoms with Crippen molar-refractivity contribution in [3.8, 4) is 0 Å². The van der Waals surface area contributed by atoms with Gasteiger partial charge in [0.05, 0.1) is 16.9 Å². The van der Waals surface area contributed by atoms with Gasteiger partial charge in [-0.15, -0.1) is 0 Å². The van der Waals surface area contributed by atoms with E-state index in [1.165, 1.54) is 6.07 Å². The molecule has 0 unspecified atom stereocenters. The molecule has 108 valence electrons. The van der Waals surface area contributed by atoms with Crippen LogP contribution in [0.3, 0.4) is 0 Å². The molecular weight excluding hydrogens is 280 g/mol. The van der Waals surface area contributed by atoms with Gasteiger partial charge in [-0.05, 0) is 18.1 Å². The van der Waals surface area contributed by atoms with Crippen LogP contribution in [0.4, 0.5) is 0 Å². The second-order valence-corrected chi connectivity index (χ2v) is 6.38. The maximum Gasteiger partial charge on any atom is 0.263 e. The van der Waals surface area contributed by atoms with E-state index in [0.717, 1.165) is 0 Å². The van der Waals surface area contributed by atoms with E-state index in [9.17, 15) is 18.3 Å². The maximum absolute atomic E-state index is 11.9. The zero-order valence-corrected chi connectivity index (χ0v) is 12.0. The van der Waals surface area contributed by atoms with Crippen molar-refractivity contribution >= 4 is 21.8 Å². The Bertz CT molecular complexity index is 667. The highest BCUT2D eigenvalue weighted by Crippen LogP contribution is 2.23. The number of rotatable bonds is 4. The zero-order chi connectivity index (χ0) is 14.9. The molecule has 0 aliphatic carbocycles. The van der Waals surface area contributed by atoms with Crippen molar-refractivity contribution in [3.63, 3.8) is 0 Å². The van der Waals surface area contributed by atoms with Crippen molar-refractivity contribution in [2.24, 2.45) is 10.9 Å². The zero-order valence-electron chi connectivity index (χ0n) is 11.2. The molecule has 20 heavy (non-hydrogen) atoms. The normalized spacial score (nSPS) is 21.0. The molecule has 2 atom stereocenters. The van der Waals surface area contributed by atoms with Gasteiger partial charge in [0.15, 0.2) is 0 Å². The molecule has 1 aromatic carbocycles. The molecule has 1 N–H and O–H groups in total. The third-order valence-corrected chi connectivity index (χ3v) is 4.75. The van der Waals surface area contributed by atoms with Crippen molar-refractivity contribution < 1.29 is 18.3 Å². The van der Waals surface area contributed by atoms with Gasteiger partial charge in [0.1, 0.15) is 5.84 Å². The SMILES string of the molecule is CC[C@H](C)[C@@H](N=C1NS(=O)(=O)c2ccccc21)C(=O)[O-]. The van der Waals surface area contributed by atoms with E-state index in [4.69, 9.17) is 0 Å². The van der Waals surface area contributed by atoms with Gasteiger partial charge in [-0.25, -0.2) is 8.42 Å². The third kappa shape index (κ3) is 2.53. The minimum absolute atomic E-state index is 0.0649. The molecule has 1 aliphatic heterocycles. The molecule has 0 fully saturated rings. The van der Waals surface area contributed by atoms with Gasteiger partial charge in [-0.2, -0.15) is 0 Å². The first-order chi connectivity index (χ1) is 9.36. The maximum atomic E-state index is 11.9. The Morgan fingerprint density at radius 1 is 1.40 bits per heavy atom. The summed E-state index contributed by atoms with van der Waals surface area (Å²) in [4.78, 5) is 15.3. The molecule has 0 saturated carbocycles. The first kappa shape index (κ1) is 14.5. The topological polar surface area (TPSA) is 98.7 Å². The number of nitrogens with one attached hydrogen (secondary N) is 1. The minimum atomic E-state index is -3.65. The molecule has 0 aromatic heterocycles. The number of aliphatic carboxylic acids is 1. The van der Waals surface area contributed by atoms with E-state index >= 15 is 0 Å². The number of hydrogen-bond acceptors (Lipinski definition) is 5. The van der Waals surface area contributed by atoms with Gasteiger partial charge in [0.2, 0.25) is 0 Å². The summed E-state index contributed by atoms with van der Waals surface area (Å²) in [5.41, 5.74) is 0.391. The molecule has 0 bridgehead atoms. The molecule has 0 spiro atoms. The first-order valence-electron chi connectivity index (χ1n) is 6.27. The molecule has 0 radical (unpaired) electrons. The minimum Gasteiger partial charge on any atom is -0.548 e. The van der Waals surface area contributed by atoms with E-state index in [1.54, 1.807) is 25.1 Å². The van der Waals surface area contributed by atoms with Gasteiger partial charge < -0.3 is 9.90 Å². The monoisotopic (exact) mass is 295 g/mol. The highest BCUT2D eigenvalue weighted by atomic mass is 32.2. The third-order valence-electron chi connectivity index (χ3n) is 3.36. The Morgan fingerprint density at radius 2 is 2.05 bits per heavy atom. The average molecular weight is 295 g/mol. The van der Waals surface area contributed by atoms with Crippen LogP contribution in [-0.2, 0) is 14.8 Å². The van der Waals surface area contributed by atoms with Gasteiger partial charge in [-0.1, -0.05) is 32.4 Å². The highest BCUT2D eigenvalue weighted by molar-refractivity contribution is 7.90. The fourth-order valence-corrected chi connectivity index (χ4v) is 3.24. The van der Waals surface area contributed by atoms with Crippen LogP contribution in [0.15, 0.2) is 34.2 Å². The van der Waals surface area contributed by atoms with Crippen molar-refractivity contribution in [1.29, 1.82) is 0 Å². The van der Waals surface area contributed by atoms with Crippen molar-refractivity contribution in [3.05, 3.63) is 29.8 Å². The summed E-state index contributed by atoms with van der Waals surface area (Å²) < 4.78 is 26.1. The van der Waals surface area contributed by atoms with Crippen LogP contribution >= 0.6 is 0 Å². The number of carboxylic acids is 1. The molecule has 6 nitrogen and oxygen atoms in total. The van der Waals surface area contributed by atoms with Crippen LogP contribution in [0, 0.1) is 5.92 Å². The number of aliphatic imine (C=N–C) groups is 1. The standard InChI is InChI=1S/C13H16N2O4S/c1-3-8(2)11(13(16)17)14-12-9-6-4-5-7-10(9)20(18,19)15-12/h4-8,11H,3H2,1-2H3,(H,14,15)(H,16,17)/p-1/t8-,11+/m0/s1. The number of sulfonamides is 1. The van der Waals surface area contributed by atoms with Crippen molar-refractivity contribution in [2.45, 2.75) is 31.2 Å². The van der Waals surface area contributed by atoms with Gasteiger partial charge in [0, 0.05) is 5.56 Å². The Balaban J connectivity index is 2.49. The molecule has 1 heterocycles. The summed E-state index contributed by atoms with van der Waals surface area (Å²) in [6.45, 7) is 3.58. The smallest absolute Gasteiger partial charge is 0.263 e. The number of amidine groups is 1. The summed E-state index contributed by atoms with van der Waals surface area (Å²) >= 11 is 0. The molecule has 1 aliphatic rings. The van der Waals surface area contributed by atoms with Crippen molar-refractivity contribution in [1.82, 2.24) is 4.72 Å². The highest BCUT2D eigenvalue weighted by Gasteiger charge is 2.31. The summed E-state index contributed by atoms with van der Waals surface area (Å²) in [7, 11) is -3.65. The van der Waals surface area contributed by atoms with E-state index in [0.29, 0.717) is 12.0 Å². The second kappa shape index (κ2) is 5.24. The Kier molecular flexibility index (Phi) is 3.80. The first-order valence-corrected chi connectivity index (χ1v) is 7.76. The molecular formula is C13H15N2O4S-. The number of benzene rings is 1. The van der Waals surface area contributed by atoms with E-state index in [-0.39, 0.29) is 16.6 Å². The fraction of sp³-hybridized carbons (Fsp3) is 0.385. The van der Waals surface area contributed by atoms with E-state index < -0.39 is 22.0 Å². The van der Waals surface area contributed by atoms with Crippen molar-refractivity contribution in [2.75, 3.05) is 0 Å². The largest absolute Gasteiger partial charge is 0.548 e. The summed E-state index contributed by atoms with van der Waals surface area (Å²) in [6.07, 6.45) is 0.601. The molecule has 0 amide bonds. The summed E-state index contributed by atoms with van der Waals surface area (Å²) in [6, 6.07) is 5.25. The Morgan fingerprint density at radius 3 is 2.65 bits per heavy atom. The number of hydrogen-bond donors (Lipinski definition) is 1. The number of carboxylic acid groups (broad SMARTS) is 1. The van der Waals surface area contributed by atoms with Gasteiger partial charge in [0.25, 0.3) is 10.0 Å². The van der Waals surface area contributed by atoms with Crippen LogP contribution in [0.2, 0.25) is 0 Å². The van der Waals surface area contributed by atoms with Crippen LogP contribution < -0.4 is 9.83 Å². The summed E-state index contributed by atoms with van der Waals surface area (Å²) in [5, 5.41) is 11.2. The quantitative estimate of drug-likeness (QED) is 0.837. The Labute approximate surface area is 117 Å². The Hall–Kier alpha value is -1.89. The molecule has 2 rings (SSSR count). The summed E-state index contributed by atoms with van der Waals surface area (Å²) in [5.74, 6) is -1.49. The lowest BCUT2D eigenvalue weighted by molar-refractivity contribution is -0.308. The molecule has 0 saturated heterocycles. The lowest BCUT2D eigenvalue weighted by Gasteiger charge is -2.20. The van der Waals surface area contributed by atoms with Crippen LogP contribution in [0.5, 0.6) is 0 Å². The number of carbonyl (C=O) groups excluding carboxylic acids is 1. The molecule has 1 aromatic rings. The van der Waals surface area contributed by atoms with Crippen LogP contribution in [-0.4, -0.2) is 26.3 Å². The molecule has 7 heteroatoms. The van der Waals surface area contributed by atoms with Crippen LogP contribution in [0.25, 0.3) is 0 Å². The predicted molar refractivity (Wildman–Crippen MR) is 71.6 cm³/mol. The van der Waals surface area contributed by atoms with Gasteiger partial charge >= 0.3 is 0 Å². The number of fused-ring (bicyclic) bond motifs is 1. The average Bonchev–Trinajstić information content (AvgIpc) is 2.67.